The van der Waals surface area contributed by atoms with Gasteiger partial charge in [-0.05, 0) is 54.9 Å². The highest BCUT2D eigenvalue weighted by Gasteiger charge is 2.18. The van der Waals surface area contributed by atoms with Gasteiger partial charge >= 0.3 is 0 Å². The first-order chi connectivity index (χ1) is 7.33. The van der Waals surface area contributed by atoms with Gasteiger partial charge in [-0.3, -0.25) is 0 Å². The number of aryl methyl sites for hydroxylation is 1. The van der Waals surface area contributed by atoms with Crippen molar-refractivity contribution in [1.29, 1.82) is 0 Å². The fraction of sp³-hybridized carbons (Fsp3) is 0.538. The molecule has 0 fully saturated rings. The molecule has 0 N–H and O–H groups in total. The summed E-state index contributed by atoms with van der Waals surface area (Å²) >= 11 is 3.53. The predicted molar refractivity (Wildman–Crippen MR) is 66.9 cm³/mol. The highest BCUT2D eigenvalue weighted by molar-refractivity contribution is 9.09. The van der Waals surface area contributed by atoms with Gasteiger partial charge in [-0.1, -0.05) is 22.0 Å². The van der Waals surface area contributed by atoms with Crippen molar-refractivity contribution in [3.05, 3.63) is 29.3 Å². The van der Waals surface area contributed by atoms with Crippen LogP contribution in [0.2, 0.25) is 0 Å². The SMILES string of the molecule is COc1ccc2c(c1)C[C@@H](CCBr)CC2. The first kappa shape index (κ1) is 11.0. The van der Waals surface area contributed by atoms with E-state index in [-0.39, 0.29) is 0 Å². The normalized spacial score (nSPS) is 19.7. The van der Waals surface area contributed by atoms with Crippen molar-refractivity contribution in [1.82, 2.24) is 0 Å². The van der Waals surface area contributed by atoms with E-state index in [1.54, 1.807) is 7.11 Å². The van der Waals surface area contributed by atoms with Crippen molar-refractivity contribution in [2.45, 2.75) is 25.7 Å². The van der Waals surface area contributed by atoms with E-state index in [2.05, 4.69) is 34.1 Å². The van der Waals surface area contributed by atoms with Crippen molar-refractivity contribution in [2.75, 3.05) is 12.4 Å². The fourth-order valence-electron chi connectivity index (χ4n) is 2.34. The van der Waals surface area contributed by atoms with Crippen LogP contribution in [-0.2, 0) is 12.8 Å². The Hall–Kier alpha value is -0.500. The summed E-state index contributed by atoms with van der Waals surface area (Å²) in [6, 6.07) is 6.50. The minimum atomic E-state index is 0.851. The summed E-state index contributed by atoms with van der Waals surface area (Å²) in [4.78, 5) is 0. The van der Waals surface area contributed by atoms with E-state index < -0.39 is 0 Å². The van der Waals surface area contributed by atoms with Gasteiger partial charge in [-0.2, -0.15) is 0 Å². The van der Waals surface area contributed by atoms with Gasteiger partial charge in [0, 0.05) is 5.33 Å². The monoisotopic (exact) mass is 268 g/mol. The maximum absolute atomic E-state index is 5.27. The molecule has 0 radical (unpaired) electrons. The Morgan fingerprint density at radius 1 is 1.40 bits per heavy atom. The van der Waals surface area contributed by atoms with E-state index in [9.17, 15) is 0 Å². The molecule has 1 nitrogen and oxygen atoms in total. The molecule has 1 atom stereocenters. The molecule has 0 aromatic heterocycles. The second-order valence-corrected chi connectivity index (χ2v) is 5.01. The number of alkyl halides is 1. The molecule has 2 heteroatoms. The van der Waals surface area contributed by atoms with Crippen LogP contribution in [0.1, 0.15) is 24.0 Å². The molecule has 0 saturated heterocycles. The number of hydrogen-bond donors (Lipinski definition) is 0. The van der Waals surface area contributed by atoms with Crippen molar-refractivity contribution in [3.8, 4) is 5.75 Å². The third kappa shape index (κ3) is 2.54. The standard InChI is InChI=1S/C13H17BrO/c1-15-13-5-4-11-3-2-10(6-7-14)8-12(11)9-13/h4-5,9-10H,2-3,6-8H2,1H3/t10-/m1/s1. The van der Waals surface area contributed by atoms with Crippen molar-refractivity contribution >= 4 is 15.9 Å². The van der Waals surface area contributed by atoms with Crippen LogP contribution in [0, 0.1) is 5.92 Å². The molecule has 15 heavy (non-hydrogen) atoms. The molecule has 2 rings (SSSR count). The Morgan fingerprint density at radius 3 is 3.00 bits per heavy atom. The Morgan fingerprint density at radius 2 is 2.27 bits per heavy atom. The van der Waals surface area contributed by atoms with Crippen LogP contribution in [0.3, 0.4) is 0 Å². The van der Waals surface area contributed by atoms with E-state index in [1.807, 2.05) is 0 Å². The van der Waals surface area contributed by atoms with Gasteiger partial charge < -0.3 is 4.74 Å². The maximum atomic E-state index is 5.27. The van der Waals surface area contributed by atoms with E-state index >= 15 is 0 Å². The van der Waals surface area contributed by atoms with Gasteiger partial charge in [0.15, 0.2) is 0 Å². The number of methoxy groups -OCH3 is 1. The lowest BCUT2D eigenvalue weighted by atomic mass is 9.82. The zero-order chi connectivity index (χ0) is 10.7. The molecule has 1 aromatic carbocycles. The summed E-state index contributed by atoms with van der Waals surface area (Å²) < 4.78 is 5.27. The largest absolute Gasteiger partial charge is 0.497 e. The lowest BCUT2D eigenvalue weighted by molar-refractivity contribution is 0.409. The van der Waals surface area contributed by atoms with E-state index in [4.69, 9.17) is 4.74 Å². The van der Waals surface area contributed by atoms with Gasteiger partial charge in [0.1, 0.15) is 5.75 Å². The van der Waals surface area contributed by atoms with Crippen LogP contribution >= 0.6 is 15.9 Å². The lowest BCUT2D eigenvalue weighted by Crippen LogP contribution is -2.14. The number of hydrogen-bond acceptors (Lipinski definition) is 1. The Labute approximate surface area is 100.0 Å². The summed E-state index contributed by atoms with van der Waals surface area (Å²) in [6.45, 7) is 0. The van der Waals surface area contributed by atoms with Gasteiger partial charge in [0.05, 0.1) is 7.11 Å². The first-order valence-corrected chi connectivity index (χ1v) is 6.67. The van der Waals surface area contributed by atoms with Gasteiger partial charge in [0.25, 0.3) is 0 Å². The molecular weight excluding hydrogens is 252 g/mol. The number of rotatable bonds is 3. The number of halogens is 1. The fourth-order valence-corrected chi connectivity index (χ4v) is 2.98. The number of fused-ring (bicyclic) bond motifs is 1. The van der Waals surface area contributed by atoms with E-state index in [0.717, 1.165) is 17.0 Å². The summed E-state index contributed by atoms with van der Waals surface area (Å²) in [5.74, 6) is 1.84. The zero-order valence-electron chi connectivity index (χ0n) is 9.13. The van der Waals surface area contributed by atoms with Gasteiger partial charge in [0.2, 0.25) is 0 Å². The minimum absolute atomic E-state index is 0.851. The molecule has 0 heterocycles. The highest BCUT2D eigenvalue weighted by atomic mass is 79.9. The average Bonchev–Trinajstić information content (AvgIpc) is 2.28. The molecule has 0 bridgehead atoms. The second kappa shape index (κ2) is 5.02. The molecule has 1 aliphatic carbocycles. The smallest absolute Gasteiger partial charge is 0.119 e. The highest BCUT2D eigenvalue weighted by Crippen LogP contribution is 2.30. The summed E-state index contributed by atoms with van der Waals surface area (Å²) in [6.07, 6.45) is 5.08. The Balaban J connectivity index is 2.16. The molecule has 82 valence electrons. The minimum Gasteiger partial charge on any atom is -0.497 e. The van der Waals surface area contributed by atoms with Crippen LogP contribution in [0.15, 0.2) is 18.2 Å². The second-order valence-electron chi connectivity index (χ2n) is 4.22. The predicted octanol–water partition coefficient (Wildman–Crippen LogP) is 3.59. The quantitative estimate of drug-likeness (QED) is 0.762. The molecule has 0 unspecified atom stereocenters. The van der Waals surface area contributed by atoms with Crippen LogP contribution in [0.25, 0.3) is 0 Å². The number of benzene rings is 1. The molecule has 0 saturated carbocycles. The van der Waals surface area contributed by atoms with E-state index in [1.165, 1.54) is 36.8 Å². The van der Waals surface area contributed by atoms with Crippen molar-refractivity contribution in [3.63, 3.8) is 0 Å². The van der Waals surface area contributed by atoms with Gasteiger partial charge in [-0.25, -0.2) is 0 Å². The zero-order valence-corrected chi connectivity index (χ0v) is 10.7. The average molecular weight is 269 g/mol. The molecule has 1 aliphatic rings. The first-order valence-electron chi connectivity index (χ1n) is 5.55. The summed E-state index contributed by atoms with van der Waals surface area (Å²) in [5, 5.41) is 1.12. The third-order valence-corrected chi connectivity index (χ3v) is 3.72. The topological polar surface area (TPSA) is 9.23 Å². The molecular formula is C13H17BrO. The Bertz CT molecular complexity index is 335. The van der Waals surface area contributed by atoms with Crippen molar-refractivity contribution in [2.24, 2.45) is 5.92 Å². The Kier molecular flexibility index (Phi) is 3.68. The van der Waals surface area contributed by atoms with E-state index in [0.29, 0.717) is 0 Å². The summed E-state index contributed by atoms with van der Waals surface area (Å²) in [7, 11) is 1.74. The van der Waals surface area contributed by atoms with Crippen LogP contribution in [0.5, 0.6) is 5.75 Å². The molecule has 0 aliphatic heterocycles. The summed E-state index contributed by atoms with van der Waals surface area (Å²) in [5.41, 5.74) is 3.01. The molecule has 1 aromatic rings. The van der Waals surface area contributed by atoms with Gasteiger partial charge in [-0.15, -0.1) is 0 Å². The van der Waals surface area contributed by atoms with Crippen LogP contribution < -0.4 is 4.74 Å². The molecule has 0 amide bonds. The van der Waals surface area contributed by atoms with Crippen molar-refractivity contribution < 1.29 is 4.74 Å². The lowest BCUT2D eigenvalue weighted by Gasteiger charge is -2.24. The van der Waals surface area contributed by atoms with Crippen LogP contribution in [0.4, 0.5) is 0 Å². The third-order valence-electron chi connectivity index (χ3n) is 3.26. The molecule has 0 spiro atoms. The maximum Gasteiger partial charge on any atom is 0.119 e. The van der Waals surface area contributed by atoms with Crippen LogP contribution in [-0.4, -0.2) is 12.4 Å². The number of ether oxygens (including phenoxy) is 1.